The summed E-state index contributed by atoms with van der Waals surface area (Å²) in [5.41, 5.74) is 1.15. The topological polar surface area (TPSA) is 61.4 Å². The first kappa shape index (κ1) is 14.0. The van der Waals surface area contributed by atoms with Crippen molar-refractivity contribution in [3.8, 4) is 0 Å². The highest BCUT2D eigenvalue weighted by Crippen LogP contribution is 2.26. The molecular formula is C15H22N2O2. The lowest BCUT2D eigenvalue weighted by Gasteiger charge is -2.27. The second-order valence-corrected chi connectivity index (χ2v) is 5.18. The molecule has 1 atom stereocenters. The zero-order valence-corrected chi connectivity index (χ0v) is 11.4. The Labute approximate surface area is 114 Å². The maximum absolute atomic E-state index is 12.5. The highest BCUT2D eigenvalue weighted by atomic mass is 16.3. The molecule has 0 radical (unpaired) electrons. The number of hydrogen-bond acceptors (Lipinski definition) is 3. The van der Waals surface area contributed by atoms with E-state index in [0.29, 0.717) is 0 Å². The van der Waals surface area contributed by atoms with Crippen molar-refractivity contribution in [3.63, 3.8) is 0 Å². The van der Waals surface area contributed by atoms with Crippen LogP contribution in [0.2, 0.25) is 0 Å². The van der Waals surface area contributed by atoms with E-state index in [2.05, 4.69) is 17.6 Å². The van der Waals surface area contributed by atoms with Crippen molar-refractivity contribution in [2.24, 2.45) is 0 Å². The molecule has 1 unspecified atom stereocenters. The normalized spacial score (nSPS) is 22.4. The van der Waals surface area contributed by atoms with Crippen LogP contribution in [-0.4, -0.2) is 23.1 Å². The van der Waals surface area contributed by atoms with E-state index in [1.165, 1.54) is 0 Å². The number of nitrogens with one attached hydrogen (secondary N) is 2. The number of aliphatic hydroxyl groups is 1. The van der Waals surface area contributed by atoms with Crippen molar-refractivity contribution in [3.05, 3.63) is 29.8 Å². The summed E-state index contributed by atoms with van der Waals surface area (Å²) >= 11 is 0. The summed E-state index contributed by atoms with van der Waals surface area (Å²) in [5, 5.41) is 15.4. The molecule has 0 saturated carbocycles. The number of carbonyl (C=O) groups excluding carboxylic acids is 1. The van der Waals surface area contributed by atoms with E-state index < -0.39 is 5.54 Å². The average Bonchev–Trinajstić information content (AvgIpc) is 2.89. The molecule has 0 aromatic heterocycles. The standard InChI is InChI=1S/C15H22N2O2/c1-2-7-15(8-4-9-16-15)14(19)17-13-6-3-5-12(10-13)11-18/h3,5-6,10,16,18H,2,4,7-9,11H2,1H3,(H,17,19). The van der Waals surface area contributed by atoms with Gasteiger partial charge < -0.3 is 15.7 Å². The third-order valence-electron chi connectivity index (χ3n) is 3.72. The molecule has 19 heavy (non-hydrogen) atoms. The van der Waals surface area contributed by atoms with Gasteiger partial charge in [-0.15, -0.1) is 0 Å². The Morgan fingerprint density at radius 3 is 3.00 bits per heavy atom. The predicted octanol–water partition coefficient (Wildman–Crippen LogP) is 2.04. The number of amides is 1. The van der Waals surface area contributed by atoms with Gasteiger partial charge in [0.1, 0.15) is 0 Å². The van der Waals surface area contributed by atoms with Crippen molar-refractivity contribution in [1.82, 2.24) is 5.32 Å². The molecule has 0 bridgehead atoms. The molecular weight excluding hydrogens is 240 g/mol. The van der Waals surface area contributed by atoms with Gasteiger partial charge in [-0.05, 0) is 43.5 Å². The number of benzene rings is 1. The van der Waals surface area contributed by atoms with Crippen LogP contribution in [0.3, 0.4) is 0 Å². The molecule has 4 nitrogen and oxygen atoms in total. The Balaban J connectivity index is 2.10. The van der Waals surface area contributed by atoms with E-state index in [1.807, 2.05) is 24.3 Å². The van der Waals surface area contributed by atoms with Crippen LogP contribution in [0, 0.1) is 0 Å². The van der Waals surface area contributed by atoms with Gasteiger partial charge in [0.05, 0.1) is 12.1 Å². The summed E-state index contributed by atoms with van der Waals surface area (Å²) in [6.07, 6.45) is 3.78. The molecule has 0 aliphatic carbocycles. The maximum atomic E-state index is 12.5. The molecule has 0 spiro atoms. The number of carbonyl (C=O) groups is 1. The lowest BCUT2D eigenvalue weighted by Crippen LogP contribution is -2.50. The van der Waals surface area contributed by atoms with E-state index in [1.54, 1.807) is 0 Å². The SMILES string of the molecule is CCCC1(C(=O)Nc2cccc(CO)c2)CCCN1. The minimum absolute atomic E-state index is 0.0118. The fraction of sp³-hybridized carbons (Fsp3) is 0.533. The molecule has 1 heterocycles. The molecule has 4 heteroatoms. The molecule has 1 fully saturated rings. The van der Waals surface area contributed by atoms with Crippen LogP contribution >= 0.6 is 0 Å². The van der Waals surface area contributed by atoms with Crippen molar-refractivity contribution >= 4 is 11.6 Å². The smallest absolute Gasteiger partial charge is 0.244 e. The van der Waals surface area contributed by atoms with E-state index in [-0.39, 0.29) is 12.5 Å². The molecule has 104 valence electrons. The molecule has 1 aromatic carbocycles. The first-order chi connectivity index (χ1) is 9.20. The second kappa shape index (κ2) is 6.17. The quantitative estimate of drug-likeness (QED) is 0.761. The fourth-order valence-corrected chi connectivity index (χ4v) is 2.75. The zero-order valence-electron chi connectivity index (χ0n) is 11.4. The maximum Gasteiger partial charge on any atom is 0.244 e. The Hall–Kier alpha value is -1.39. The van der Waals surface area contributed by atoms with Gasteiger partial charge in [0.2, 0.25) is 5.91 Å². The van der Waals surface area contributed by atoms with Gasteiger partial charge in [-0.2, -0.15) is 0 Å². The minimum atomic E-state index is -0.413. The van der Waals surface area contributed by atoms with E-state index in [4.69, 9.17) is 5.11 Å². The van der Waals surface area contributed by atoms with E-state index in [9.17, 15) is 4.79 Å². The highest BCUT2D eigenvalue weighted by Gasteiger charge is 2.39. The lowest BCUT2D eigenvalue weighted by atomic mass is 9.90. The van der Waals surface area contributed by atoms with Crippen LogP contribution in [0.5, 0.6) is 0 Å². The van der Waals surface area contributed by atoms with Crippen molar-refractivity contribution in [2.45, 2.75) is 44.8 Å². The molecule has 3 N–H and O–H groups in total. The third-order valence-corrected chi connectivity index (χ3v) is 3.72. The van der Waals surface area contributed by atoms with Crippen LogP contribution in [0.4, 0.5) is 5.69 Å². The van der Waals surface area contributed by atoms with Gasteiger partial charge in [-0.1, -0.05) is 25.5 Å². The highest BCUT2D eigenvalue weighted by molar-refractivity contribution is 5.98. The summed E-state index contributed by atoms with van der Waals surface area (Å²) in [5.74, 6) is 0.0435. The van der Waals surface area contributed by atoms with Crippen molar-refractivity contribution in [2.75, 3.05) is 11.9 Å². The fourth-order valence-electron chi connectivity index (χ4n) is 2.75. The summed E-state index contributed by atoms with van der Waals surface area (Å²) in [6, 6.07) is 7.35. The summed E-state index contributed by atoms with van der Waals surface area (Å²) in [4.78, 5) is 12.5. The van der Waals surface area contributed by atoms with Gasteiger partial charge in [-0.3, -0.25) is 4.79 Å². The monoisotopic (exact) mass is 262 g/mol. The molecule has 1 aliphatic rings. The largest absolute Gasteiger partial charge is 0.392 e. The molecule has 1 saturated heterocycles. The Bertz CT molecular complexity index is 440. The van der Waals surface area contributed by atoms with Crippen molar-refractivity contribution in [1.29, 1.82) is 0 Å². The van der Waals surface area contributed by atoms with Gasteiger partial charge in [-0.25, -0.2) is 0 Å². The number of hydrogen-bond donors (Lipinski definition) is 3. The Kier molecular flexibility index (Phi) is 4.56. The van der Waals surface area contributed by atoms with Crippen LogP contribution in [-0.2, 0) is 11.4 Å². The Morgan fingerprint density at radius 2 is 2.37 bits per heavy atom. The van der Waals surface area contributed by atoms with Gasteiger partial charge in [0.25, 0.3) is 0 Å². The Morgan fingerprint density at radius 1 is 1.53 bits per heavy atom. The summed E-state index contributed by atoms with van der Waals surface area (Å²) < 4.78 is 0. The summed E-state index contributed by atoms with van der Waals surface area (Å²) in [7, 11) is 0. The van der Waals surface area contributed by atoms with Crippen LogP contribution < -0.4 is 10.6 Å². The number of rotatable bonds is 5. The summed E-state index contributed by atoms with van der Waals surface area (Å²) in [6.45, 7) is 2.99. The first-order valence-corrected chi connectivity index (χ1v) is 6.96. The van der Waals surface area contributed by atoms with Crippen LogP contribution in [0.25, 0.3) is 0 Å². The minimum Gasteiger partial charge on any atom is -0.392 e. The van der Waals surface area contributed by atoms with Crippen LogP contribution in [0.1, 0.15) is 38.2 Å². The molecule has 1 aromatic rings. The molecule has 1 amide bonds. The molecule has 1 aliphatic heterocycles. The second-order valence-electron chi connectivity index (χ2n) is 5.18. The van der Waals surface area contributed by atoms with E-state index in [0.717, 1.165) is 43.5 Å². The van der Waals surface area contributed by atoms with Gasteiger partial charge in [0, 0.05) is 5.69 Å². The number of aliphatic hydroxyl groups excluding tert-OH is 1. The third kappa shape index (κ3) is 3.14. The average molecular weight is 262 g/mol. The first-order valence-electron chi connectivity index (χ1n) is 6.96. The van der Waals surface area contributed by atoms with Gasteiger partial charge in [0.15, 0.2) is 0 Å². The number of anilines is 1. The predicted molar refractivity (Wildman–Crippen MR) is 75.9 cm³/mol. The van der Waals surface area contributed by atoms with Crippen LogP contribution in [0.15, 0.2) is 24.3 Å². The van der Waals surface area contributed by atoms with E-state index >= 15 is 0 Å². The molecule has 2 rings (SSSR count). The van der Waals surface area contributed by atoms with Gasteiger partial charge >= 0.3 is 0 Å². The lowest BCUT2D eigenvalue weighted by molar-refractivity contribution is -0.122. The zero-order chi connectivity index (χ0) is 13.7. The van der Waals surface area contributed by atoms with Crippen molar-refractivity contribution < 1.29 is 9.90 Å².